The van der Waals surface area contributed by atoms with E-state index in [1.54, 1.807) is 25.4 Å². The van der Waals surface area contributed by atoms with Crippen LogP contribution < -0.4 is 4.74 Å². The van der Waals surface area contributed by atoms with Crippen molar-refractivity contribution in [1.82, 2.24) is 14.9 Å². The molecule has 0 amide bonds. The monoisotopic (exact) mass is 385 g/mol. The largest absolute Gasteiger partial charge is 0.424 e. The van der Waals surface area contributed by atoms with E-state index in [9.17, 15) is 10.2 Å². The number of likely N-dealkylation sites (tertiary alicyclic amines) is 1. The van der Waals surface area contributed by atoms with Gasteiger partial charge in [0.15, 0.2) is 0 Å². The first kappa shape index (κ1) is 19.3. The van der Waals surface area contributed by atoms with Crippen molar-refractivity contribution in [1.29, 1.82) is 0 Å². The van der Waals surface area contributed by atoms with Crippen LogP contribution in [0.15, 0.2) is 42.7 Å². The summed E-state index contributed by atoms with van der Waals surface area (Å²) in [7, 11) is 0. The minimum Gasteiger partial charge on any atom is -0.424 e. The normalized spacial score (nSPS) is 27.6. The van der Waals surface area contributed by atoms with Gasteiger partial charge in [-0.2, -0.15) is 0 Å². The Balaban J connectivity index is 1.32. The Kier molecular flexibility index (Phi) is 5.33. The minimum atomic E-state index is -1.07. The molecule has 2 atom stereocenters. The van der Waals surface area contributed by atoms with Crippen LogP contribution in [0.5, 0.6) is 11.8 Å². The van der Waals surface area contributed by atoms with E-state index in [2.05, 4.69) is 14.9 Å². The molecule has 28 heavy (non-hydrogen) atoms. The summed E-state index contributed by atoms with van der Waals surface area (Å²) in [4.78, 5) is 10.5. The van der Waals surface area contributed by atoms with E-state index in [4.69, 9.17) is 9.47 Å². The van der Waals surface area contributed by atoms with Crippen LogP contribution in [0.2, 0.25) is 0 Å². The Bertz CT molecular complexity index is 774. The zero-order valence-electron chi connectivity index (χ0n) is 16.1. The molecule has 0 aliphatic carbocycles. The van der Waals surface area contributed by atoms with Gasteiger partial charge in [-0.05, 0) is 43.5 Å². The average Bonchev–Trinajstić information content (AvgIpc) is 2.70. The van der Waals surface area contributed by atoms with E-state index in [1.165, 1.54) is 5.56 Å². The number of benzene rings is 1. The summed E-state index contributed by atoms with van der Waals surface area (Å²) in [6.45, 7) is 4.67. The lowest BCUT2D eigenvalue weighted by molar-refractivity contribution is -0.246. The number of hydrogen-bond donors (Lipinski definition) is 2. The second kappa shape index (κ2) is 7.75. The van der Waals surface area contributed by atoms with Gasteiger partial charge in [-0.1, -0.05) is 12.1 Å². The molecule has 1 aromatic carbocycles. The first-order valence-electron chi connectivity index (χ1n) is 9.77. The van der Waals surface area contributed by atoms with Crippen molar-refractivity contribution in [2.75, 3.05) is 19.7 Å². The Morgan fingerprint density at radius 2 is 1.82 bits per heavy atom. The summed E-state index contributed by atoms with van der Waals surface area (Å²) in [5, 5.41) is 21.1. The first-order chi connectivity index (χ1) is 13.5. The number of aliphatic hydroxyl groups is 2. The van der Waals surface area contributed by atoms with Gasteiger partial charge in [-0.3, -0.25) is 4.90 Å². The Morgan fingerprint density at radius 1 is 1.14 bits per heavy atom. The molecular formula is C21H27N3O4. The fraction of sp³-hybridized carbons (Fsp3) is 0.524. The van der Waals surface area contributed by atoms with Gasteiger partial charge in [-0.25, -0.2) is 9.97 Å². The van der Waals surface area contributed by atoms with Gasteiger partial charge < -0.3 is 19.7 Å². The summed E-state index contributed by atoms with van der Waals surface area (Å²) in [6.07, 6.45) is 4.36. The highest BCUT2D eigenvalue weighted by molar-refractivity contribution is 5.29. The standard InChI is InChI=1S/C21H27N3O4/c1-20(26)9-14-27-21(18(20)25)7-12-24(13-8-21)15-16-3-5-17(6-4-16)28-19-22-10-2-11-23-19/h2-6,10-11,18,25-26H,7-9,12-15H2,1H3/t18-,20+/m0/s1. The van der Waals surface area contributed by atoms with Crippen LogP contribution in [0.25, 0.3) is 0 Å². The number of aromatic nitrogens is 2. The van der Waals surface area contributed by atoms with E-state index in [0.29, 0.717) is 24.8 Å². The zero-order chi connectivity index (χ0) is 19.6. The van der Waals surface area contributed by atoms with Crippen molar-refractivity contribution in [2.45, 2.75) is 50.0 Å². The van der Waals surface area contributed by atoms with Crippen LogP contribution in [0.3, 0.4) is 0 Å². The van der Waals surface area contributed by atoms with Crippen LogP contribution >= 0.6 is 0 Å². The molecule has 1 spiro atoms. The van der Waals surface area contributed by atoms with Crippen molar-refractivity contribution in [2.24, 2.45) is 0 Å². The lowest BCUT2D eigenvalue weighted by atomic mass is 9.75. The van der Waals surface area contributed by atoms with Gasteiger partial charge in [0.05, 0.1) is 17.8 Å². The molecule has 0 radical (unpaired) electrons. The van der Waals surface area contributed by atoms with Gasteiger partial charge in [-0.15, -0.1) is 0 Å². The van der Waals surface area contributed by atoms with Gasteiger partial charge >= 0.3 is 6.01 Å². The van der Waals surface area contributed by atoms with Crippen molar-refractivity contribution in [3.63, 3.8) is 0 Å². The van der Waals surface area contributed by atoms with Crippen LogP contribution in [0.4, 0.5) is 0 Å². The Labute approximate surface area is 165 Å². The maximum Gasteiger partial charge on any atom is 0.321 e. The van der Waals surface area contributed by atoms with Crippen molar-refractivity contribution < 1.29 is 19.7 Å². The van der Waals surface area contributed by atoms with Gasteiger partial charge in [0.25, 0.3) is 0 Å². The molecule has 150 valence electrons. The molecule has 0 saturated carbocycles. The van der Waals surface area contributed by atoms with E-state index in [1.807, 2.05) is 24.3 Å². The number of hydrogen-bond acceptors (Lipinski definition) is 7. The van der Waals surface area contributed by atoms with Crippen LogP contribution in [-0.2, 0) is 11.3 Å². The summed E-state index contributed by atoms with van der Waals surface area (Å²) in [5.74, 6) is 0.702. The minimum absolute atomic E-state index is 0.332. The molecule has 4 rings (SSSR count). The molecule has 0 unspecified atom stereocenters. The zero-order valence-corrected chi connectivity index (χ0v) is 16.1. The molecule has 2 aliphatic rings. The predicted molar refractivity (Wildman–Crippen MR) is 103 cm³/mol. The molecule has 2 aromatic rings. The van der Waals surface area contributed by atoms with Crippen LogP contribution in [-0.4, -0.2) is 62.1 Å². The predicted octanol–water partition coefficient (Wildman–Crippen LogP) is 2.14. The lowest BCUT2D eigenvalue weighted by Gasteiger charge is -2.51. The van der Waals surface area contributed by atoms with Crippen molar-refractivity contribution >= 4 is 0 Å². The third-order valence-electron chi connectivity index (χ3n) is 5.87. The average molecular weight is 385 g/mol. The van der Waals surface area contributed by atoms with Crippen LogP contribution in [0, 0.1) is 0 Å². The topological polar surface area (TPSA) is 87.9 Å². The molecule has 0 bridgehead atoms. The number of piperidine rings is 1. The third-order valence-corrected chi connectivity index (χ3v) is 5.87. The molecule has 2 aliphatic heterocycles. The smallest absolute Gasteiger partial charge is 0.321 e. The van der Waals surface area contributed by atoms with Gasteiger partial charge in [0.1, 0.15) is 11.9 Å². The molecule has 7 nitrogen and oxygen atoms in total. The number of ether oxygens (including phenoxy) is 2. The van der Waals surface area contributed by atoms with Crippen molar-refractivity contribution in [3.8, 4) is 11.8 Å². The van der Waals surface area contributed by atoms with E-state index >= 15 is 0 Å². The number of aliphatic hydroxyl groups excluding tert-OH is 1. The lowest BCUT2D eigenvalue weighted by Crippen LogP contribution is -2.64. The second-order valence-electron chi connectivity index (χ2n) is 7.98. The Hall–Kier alpha value is -2.06. The highest BCUT2D eigenvalue weighted by atomic mass is 16.5. The number of rotatable bonds is 4. The third kappa shape index (κ3) is 4.03. The molecule has 7 heteroatoms. The maximum atomic E-state index is 10.6. The molecule has 3 heterocycles. The quantitative estimate of drug-likeness (QED) is 0.834. The van der Waals surface area contributed by atoms with Crippen LogP contribution in [0.1, 0.15) is 31.7 Å². The fourth-order valence-electron chi connectivity index (χ4n) is 4.12. The van der Waals surface area contributed by atoms with Crippen molar-refractivity contribution in [3.05, 3.63) is 48.3 Å². The highest BCUT2D eigenvalue weighted by Gasteiger charge is 2.52. The first-order valence-corrected chi connectivity index (χ1v) is 9.77. The van der Waals surface area contributed by atoms with E-state index < -0.39 is 17.3 Å². The molecule has 1 aromatic heterocycles. The highest BCUT2D eigenvalue weighted by Crippen LogP contribution is 2.40. The molecule has 2 N–H and O–H groups in total. The molecule has 2 saturated heterocycles. The summed E-state index contributed by atoms with van der Waals surface area (Å²) in [5.41, 5.74) is -0.501. The summed E-state index contributed by atoms with van der Waals surface area (Å²) >= 11 is 0. The fourth-order valence-corrected chi connectivity index (χ4v) is 4.12. The SMILES string of the molecule is C[C@@]1(O)CCOC2(CCN(Cc3ccc(Oc4ncccn4)cc3)CC2)[C@H]1O. The Morgan fingerprint density at radius 3 is 2.50 bits per heavy atom. The summed E-state index contributed by atoms with van der Waals surface area (Å²) in [6, 6.07) is 10.00. The summed E-state index contributed by atoms with van der Waals surface area (Å²) < 4.78 is 11.6. The molecule has 2 fully saturated rings. The van der Waals surface area contributed by atoms with E-state index in [0.717, 1.165) is 32.5 Å². The second-order valence-corrected chi connectivity index (χ2v) is 7.98. The van der Waals surface area contributed by atoms with Gasteiger partial charge in [0, 0.05) is 38.4 Å². The molecular weight excluding hydrogens is 358 g/mol. The van der Waals surface area contributed by atoms with E-state index in [-0.39, 0.29) is 0 Å². The maximum absolute atomic E-state index is 10.6. The van der Waals surface area contributed by atoms with Gasteiger partial charge in [0.2, 0.25) is 0 Å². The number of nitrogens with zero attached hydrogens (tertiary/aromatic N) is 3.